The van der Waals surface area contributed by atoms with Gasteiger partial charge in [-0.05, 0) is 55.3 Å². The Balaban J connectivity index is 2.11. The molecule has 0 fully saturated rings. The van der Waals surface area contributed by atoms with Crippen LogP contribution in [0.4, 0.5) is 13.2 Å². The monoisotopic (exact) mass is 392 g/mol. The molecule has 0 radical (unpaired) electrons. The molecule has 0 N–H and O–H groups in total. The van der Waals surface area contributed by atoms with Crippen molar-refractivity contribution in [2.75, 3.05) is 27.2 Å². The van der Waals surface area contributed by atoms with Crippen LogP contribution in [0.2, 0.25) is 0 Å². The Morgan fingerprint density at radius 2 is 1.43 bits per heavy atom. The molecule has 2 aromatic rings. The van der Waals surface area contributed by atoms with Crippen LogP contribution in [-0.2, 0) is 25.7 Å². The summed E-state index contributed by atoms with van der Waals surface area (Å²) in [6, 6.07) is 14.1. The lowest BCUT2D eigenvalue weighted by atomic mass is 10.0. The topological polar surface area (TPSA) is 6.48 Å². The molecular weight excluding hydrogens is 361 g/mol. The van der Waals surface area contributed by atoms with E-state index < -0.39 is 11.7 Å². The van der Waals surface area contributed by atoms with Gasteiger partial charge in [-0.1, -0.05) is 50.2 Å². The lowest BCUT2D eigenvalue weighted by Crippen LogP contribution is -2.31. The van der Waals surface area contributed by atoms with Gasteiger partial charge < -0.3 is 4.90 Å². The second kappa shape index (κ2) is 10.1. The van der Waals surface area contributed by atoms with Gasteiger partial charge in [0.25, 0.3) is 0 Å². The normalized spacial score (nSPS) is 12.4. The Morgan fingerprint density at radius 3 is 2.00 bits per heavy atom. The van der Waals surface area contributed by atoms with Crippen LogP contribution in [-0.4, -0.2) is 37.0 Å². The molecule has 154 valence electrons. The van der Waals surface area contributed by atoms with Gasteiger partial charge in [-0.15, -0.1) is 0 Å². The number of halogens is 3. The van der Waals surface area contributed by atoms with Gasteiger partial charge in [0.2, 0.25) is 0 Å². The van der Waals surface area contributed by atoms with Gasteiger partial charge in [0.05, 0.1) is 5.56 Å². The smallest absolute Gasteiger partial charge is 0.308 e. The van der Waals surface area contributed by atoms with E-state index in [-0.39, 0.29) is 0 Å². The first-order valence-electron chi connectivity index (χ1n) is 9.74. The summed E-state index contributed by atoms with van der Waals surface area (Å²) in [6.07, 6.45) is -3.25. The maximum atomic E-state index is 12.8. The van der Waals surface area contributed by atoms with E-state index in [1.807, 2.05) is 14.1 Å². The molecule has 0 aromatic heterocycles. The van der Waals surface area contributed by atoms with Crippen LogP contribution in [0.5, 0.6) is 0 Å². The molecule has 0 saturated heterocycles. The van der Waals surface area contributed by atoms with Gasteiger partial charge in [-0.3, -0.25) is 4.90 Å². The minimum Gasteiger partial charge on any atom is -0.308 e. The molecule has 0 amide bonds. The van der Waals surface area contributed by atoms with E-state index in [0.29, 0.717) is 12.5 Å². The van der Waals surface area contributed by atoms with E-state index in [0.717, 1.165) is 31.6 Å². The summed E-state index contributed by atoms with van der Waals surface area (Å²) < 4.78 is 38.4. The predicted octanol–water partition coefficient (Wildman–Crippen LogP) is 5.47. The van der Waals surface area contributed by atoms with Crippen molar-refractivity contribution in [3.8, 4) is 0 Å². The van der Waals surface area contributed by atoms with E-state index >= 15 is 0 Å². The van der Waals surface area contributed by atoms with Crippen LogP contribution >= 0.6 is 0 Å². The number of hydrogen-bond acceptors (Lipinski definition) is 2. The summed E-state index contributed by atoms with van der Waals surface area (Å²) in [4.78, 5) is 4.41. The van der Waals surface area contributed by atoms with Crippen molar-refractivity contribution in [2.45, 2.75) is 39.5 Å². The van der Waals surface area contributed by atoms with Crippen molar-refractivity contribution in [3.63, 3.8) is 0 Å². The highest BCUT2D eigenvalue weighted by molar-refractivity contribution is 5.26. The minimum absolute atomic E-state index is 0.600. The molecule has 0 heterocycles. The molecule has 0 aliphatic heterocycles. The fourth-order valence-electron chi connectivity index (χ4n) is 3.20. The molecule has 0 spiro atoms. The molecule has 2 nitrogen and oxygen atoms in total. The second-order valence-corrected chi connectivity index (χ2v) is 8.13. The molecule has 0 atom stereocenters. The molecule has 0 aliphatic rings. The van der Waals surface area contributed by atoms with Gasteiger partial charge in [-0.2, -0.15) is 13.2 Å². The number of benzene rings is 2. The minimum atomic E-state index is -4.29. The average molecular weight is 393 g/mol. The lowest BCUT2D eigenvalue weighted by molar-refractivity contribution is -0.137. The third-order valence-electron chi connectivity index (χ3n) is 4.59. The summed E-state index contributed by atoms with van der Waals surface area (Å²) in [7, 11) is 4.05. The van der Waals surface area contributed by atoms with Gasteiger partial charge in [0.1, 0.15) is 0 Å². The highest BCUT2D eigenvalue weighted by Crippen LogP contribution is 2.29. The quantitative estimate of drug-likeness (QED) is 0.558. The SMILES string of the molecule is CC(C)Cc1cccc(CN(CCN(C)C)Cc2ccc(C(F)(F)F)cc2)c1. The van der Waals surface area contributed by atoms with E-state index in [2.05, 4.69) is 47.9 Å². The number of nitrogens with zero attached hydrogens (tertiary/aromatic N) is 2. The standard InChI is InChI=1S/C23H31F3N2/c1-18(2)14-20-6-5-7-21(15-20)17-28(13-12-27(3)4)16-19-8-10-22(11-9-19)23(24,25)26/h5-11,15,18H,12-14,16-17H2,1-4H3. The number of likely N-dealkylation sites (N-methyl/N-ethyl adjacent to an activating group) is 1. The van der Waals surface area contributed by atoms with Crippen LogP contribution in [0.25, 0.3) is 0 Å². The van der Waals surface area contributed by atoms with Crippen molar-refractivity contribution in [3.05, 3.63) is 70.8 Å². The first kappa shape index (κ1) is 22.4. The van der Waals surface area contributed by atoms with Crippen LogP contribution in [0, 0.1) is 5.92 Å². The van der Waals surface area contributed by atoms with Gasteiger partial charge in [0.15, 0.2) is 0 Å². The Bertz CT molecular complexity index is 721. The lowest BCUT2D eigenvalue weighted by Gasteiger charge is -2.25. The van der Waals surface area contributed by atoms with Gasteiger partial charge in [-0.25, -0.2) is 0 Å². The van der Waals surface area contributed by atoms with Crippen molar-refractivity contribution < 1.29 is 13.2 Å². The molecule has 28 heavy (non-hydrogen) atoms. The summed E-state index contributed by atoms with van der Waals surface area (Å²) in [5, 5.41) is 0. The Labute approximate surface area is 167 Å². The first-order chi connectivity index (χ1) is 13.1. The largest absolute Gasteiger partial charge is 0.416 e. The van der Waals surface area contributed by atoms with Crippen molar-refractivity contribution >= 4 is 0 Å². The molecule has 0 unspecified atom stereocenters. The summed E-state index contributed by atoms with van der Waals surface area (Å²) in [5.41, 5.74) is 2.86. The predicted molar refractivity (Wildman–Crippen MR) is 109 cm³/mol. The van der Waals surface area contributed by atoms with Gasteiger partial charge >= 0.3 is 6.18 Å². The number of hydrogen-bond donors (Lipinski definition) is 0. The second-order valence-electron chi connectivity index (χ2n) is 8.13. The molecule has 0 aliphatic carbocycles. The summed E-state index contributed by atoms with van der Waals surface area (Å²) in [6.45, 7) is 7.57. The van der Waals surface area contributed by atoms with E-state index in [4.69, 9.17) is 0 Å². The van der Waals surface area contributed by atoms with Crippen molar-refractivity contribution in [2.24, 2.45) is 5.92 Å². The van der Waals surface area contributed by atoms with Crippen LogP contribution in [0.15, 0.2) is 48.5 Å². The zero-order valence-electron chi connectivity index (χ0n) is 17.3. The summed E-state index contributed by atoms with van der Waals surface area (Å²) in [5.74, 6) is 0.604. The molecule has 2 rings (SSSR count). The third kappa shape index (κ3) is 7.64. The Kier molecular flexibility index (Phi) is 8.08. The van der Waals surface area contributed by atoms with Crippen LogP contribution in [0.3, 0.4) is 0 Å². The number of alkyl halides is 3. The maximum absolute atomic E-state index is 12.8. The molecule has 2 aromatic carbocycles. The molecule has 5 heteroatoms. The third-order valence-corrected chi connectivity index (χ3v) is 4.59. The highest BCUT2D eigenvalue weighted by atomic mass is 19.4. The zero-order valence-corrected chi connectivity index (χ0v) is 17.3. The average Bonchev–Trinajstić information content (AvgIpc) is 2.59. The Hall–Kier alpha value is -1.85. The number of rotatable bonds is 9. The van der Waals surface area contributed by atoms with E-state index in [1.54, 1.807) is 12.1 Å². The Morgan fingerprint density at radius 1 is 0.821 bits per heavy atom. The van der Waals surface area contributed by atoms with Crippen molar-refractivity contribution in [1.82, 2.24) is 9.80 Å². The fourth-order valence-corrected chi connectivity index (χ4v) is 3.20. The zero-order chi connectivity index (χ0) is 20.7. The molecule has 0 bridgehead atoms. The molecule has 0 saturated carbocycles. The highest BCUT2D eigenvalue weighted by Gasteiger charge is 2.29. The fraction of sp³-hybridized carbons (Fsp3) is 0.478. The van der Waals surface area contributed by atoms with Crippen LogP contribution in [0.1, 0.15) is 36.1 Å². The molecular formula is C23H31F3N2. The van der Waals surface area contributed by atoms with E-state index in [9.17, 15) is 13.2 Å². The first-order valence-corrected chi connectivity index (χ1v) is 9.74. The van der Waals surface area contributed by atoms with Crippen LogP contribution < -0.4 is 0 Å². The van der Waals surface area contributed by atoms with Crippen molar-refractivity contribution in [1.29, 1.82) is 0 Å². The van der Waals surface area contributed by atoms with E-state index in [1.165, 1.54) is 23.3 Å². The maximum Gasteiger partial charge on any atom is 0.416 e. The summed E-state index contributed by atoms with van der Waals surface area (Å²) >= 11 is 0. The van der Waals surface area contributed by atoms with Gasteiger partial charge in [0, 0.05) is 26.2 Å².